The number of pyridine rings is 1. The standard InChI is InChI=1S/C12H7Cl3N2O3/c1-20-12-11(17(18)19)2-6(5-16-12)7-3-9(14)10(15)4-8(7)13/h2-5H,1H3. The van der Waals surface area contributed by atoms with Gasteiger partial charge in [-0.3, -0.25) is 10.1 Å². The first-order valence-corrected chi connectivity index (χ1v) is 6.40. The molecule has 0 saturated carbocycles. The molecule has 2 rings (SSSR count). The molecular weight excluding hydrogens is 327 g/mol. The monoisotopic (exact) mass is 332 g/mol. The number of rotatable bonds is 3. The second kappa shape index (κ2) is 5.83. The van der Waals surface area contributed by atoms with Crippen molar-refractivity contribution in [3.63, 3.8) is 0 Å². The van der Waals surface area contributed by atoms with E-state index >= 15 is 0 Å². The minimum atomic E-state index is -0.583. The van der Waals surface area contributed by atoms with E-state index < -0.39 is 4.92 Å². The lowest BCUT2D eigenvalue weighted by atomic mass is 10.1. The lowest BCUT2D eigenvalue weighted by Gasteiger charge is -2.07. The molecule has 0 bridgehead atoms. The van der Waals surface area contributed by atoms with E-state index in [9.17, 15) is 10.1 Å². The second-order valence-electron chi connectivity index (χ2n) is 3.76. The summed E-state index contributed by atoms with van der Waals surface area (Å²) in [6.45, 7) is 0. The van der Waals surface area contributed by atoms with Gasteiger partial charge in [0.15, 0.2) is 0 Å². The van der Waals surface area contributed by atoms with Gasteiger partial charge in [-0.15, -0.1) is 0 Å². The molecule has 0 radical (unpaired) electrons. The van der Waals surface area contributed by atoms with Crippen LogP contribution in [0.5, 0.6) is 5.88 Å². The predicted octanol–water partition coefficient (Wildman–Crippen LogP) is 4.63. The van der Waals surface area contributed by atoms with Crippen molar-refractivity contribution in [3.8, 4) is 17.0 Å². The van der Waals surface area contributed by atoms with Crippen molar-refractivity contribution in [3.05, 3.63) is 49.6 Å². The molecule has 1 heterocycles. The van der Waals surface area contributed by atoms with Crippen LogP contribution < -0.4 is 4.74 Å². The molecule has 20 heavy (non-hydrogen) atoms. The van der Waals surface area contributed by atoms with E-state index in [-0.39, 0.29) is 11.6 Å². The average molecular weight is 334 g/mol. The molecule has 0 atom stereocenters. The molecule has 0 unspecified atom stereocenters. The number of nitro groups is 1. The summed E-state index contributed by atoms with van der Waals surface area (Å²) >= 11 is 17.8. The molecule has 104 valence electrons. The third-order valence-electron chi connectivity index (χ3n) is 2.54. The van der Waals surface area contributed by atoms with Crippen LogP contribution in [0.25, 0.3) is 11.1 Å². The van der Waals surface area contributed by atoms with Gasteiger partial charge in [-0.1, -0.05) is 34.8 Å². The van der Waals surface area contributed by atoms with Crippen LogP contribution in [0.3, 0.4) is 0 Å². The number of methoxy groups -OCH3 is 1. The lowest BCUT2D eigenvalue weighted by molar-refractivity contribution is -0.386. The van der Waals surface area contributed by atoms with E-state index in [2.05, 4.69) is 4.98 Å². The Morgan fingerprint density at radius 2 is 1.80 bits per heavy atom. The van der Waals surface area contributed by atoms with Crippen LogP contribution in [-0.4, -0.2) is 17.0 Å². The Bertz CT molecular complexity index is 692. The average Bonchev–Trinajstić information content (AvgIpc) is 2.42. The van der Waals surface area contributed by atoms with Gasteiger partial charge < -0.3 is 4.74 Å². The molecule has 8 heteroatoms. The van der Waals surface area contributed by atoms with Crippen molar-refractivity contribution in [2.24, 2.45) is 0 Å². The van der Waals surface area contributed by atoms with Crippen molar-refractivity contribution >= 4 is 40.5 Å². The topological polar surface area (TPSA) is 65.3 Å². The highest BCUT2D eigenvalue weighted by Crippen LogP contribution is 2.37. The molecule has 5 nitrogen and oxygen atoms in total. The fourth-order valence-electron chi connectivity index (χ4n) is 1.62. The first-order chi connectivity index (χ1) is 9.43. The zero-order chi connectivity index (χ0) is 14.9. The van der Waals surface area contributed by atoms with E-state index in [1.54, 1.807) is 0 Å². The van der Waals surface area contributed by atoms with E-state index in [1.165, 1.54) is 31.5 Å². The summed E-state index contributed by atoms with van der Waals surface area (Å²) in [6.07, 6.45) is 1.41. The SMILES string of the molecule is COc1ncc(-c2cc(Cl)c(Cl)cc2Cl)cc1[N+](=O)[O-]. The van der Waals surface area contributed by atoms with Crippen LogP contribution in [0.1, 0.15) is 0 Å². The van der Waals surface area contributed by atoms with Gasteiger partial charge >= 0.3 is 5.69 Å². The fraction of sp³-hybridized carbons (Fsp3) is 0.0833. The zero-order valence-electron chi connectivity index (χ0n) is 10.1. The number of halogens is 3. The van der Waals surface area contributed by atoms with Crippen LogP contribution in [-0.2, 0) is 0 Å². The largest absolute Gasteiger partial charge is 0.476 e. The molecule has 0 aliphatic carbocycles. The normalized spacial score (nSPS) is 10.4. The molecule has 0 N–H and O–H groups in total. The maximum atomic E-state index is 11.0. The molecular formula is C12H7Cl3N2O3. The van der Waals surface area contributed by atoms with Crippen molar-refractivity contribution < 1.29 is 9.66 Å². The Morgan fingerprint density at radius 3 is 2.40 bits per heavy atom. The molecule has 2 aromatic rings. The molecule has 0 fully saturated rings. The van der Waals surface area contributed by atoms with Gasteiger partial charge in [-0.2, -0.15) is 0 Å². The van der Waals surface area contributed by atoms with Gasteiger partial charge in [0.1, 0.15) is 0 Å². The molecule has 0 amide bonds. The van der Waals surface area contributed by atoms with Crippen LogP contribution >= 0.6 is 34.8 Å². The van der Waals surface area contributed by atoms with Gasteiger partial charge in [0.05, 0.1) is 27.1 Å². The molecule has 1 aromatic heterocycles. The summed E-state index contributed by atoms with van der Waals surface area (Å²) < 4.78 is 4.84. The van der Waals surface area contributed by atoms with Crippen LogP contribution in [0.4, 0.5) is 5.69 Å². The Hall–Kier alpha value is -1.56. The molecule has 1 aromatic carbocycles. The molecule has 0 aliphatic heterocycles. The lowest BCUT2D eigenvalue weighted by Crippen LogP contribution is -1.97. The van der Waals surface area contributed by atoms with Crippen molar-refractivity contribution in [1.29, 1.82) is 0 Å². The maximum absolute atomic E-state index is 11.0. The number of nitrogens with zero attached hydrogens (tertiary/aromatic N) is 2. The first-order valence-electron chi connectivity index (χ1n) is 5.27. The van der Waals surface area contributed by atoms with Crippen molar-refractivity contribution in [2.45, 2.75) is 0 Å². The minimum Gasteiger partial charge on any atom is -0.476 e. The van der Waals surface area contributed by atoms with E-state index in [4.69, 9.17) is 39.5 Å². The summed E-state index contributed by atoms with van der Waals surface area (Å²) in [7, 11) is 1.31. The molecule has 0 aliphatic rings. The highest BCUT2D eigenvalue weighted by atomic mass is 35.5. The predicted molar refractivity (Wildman–Crippen MR) is 77.9 cm³/mol. The fourth-order valence-corrected chi connectivity index (χ4v) is 2.28. The Labute approximate surface area is 129 Å². The number of ether oxygens (including phenoxy) is 1. The highest BCUT2D eigenvalue weighted by molar-refractivity contribution is 6.44. The third kappa shape index (κ3) is 2.80. The second-order valence-corrected chi connectivity index (χ2v) is 4.98. The van der Waals surface area contributed by atoms with Crippen LogP contribution in [0, 0.1) is 10.1 Å². The number of benzene rings is 1. The van der Waals surface area contributed by atoms with Crippen molar-refractivity contribution in [1.82, 2.24) is 4.98 Å². The van der Waals surface area contributed by atoms with Gasteiger partial charge in [0, 0.05) is 23.4 Å². The Kier molecular flexibility index (Phi) is 4.32. The Balaban J connectivity index is 2.62. The summed E-state index contributed by atoms with van der Waals surface area (Å²) in [6, 6.07) is 4.31. The first kappa shape index (κ1) is 14.8. The van der Waals surface area contributed by atoms with Gasteiger partial charge in [0.2, 0.25) is 0 Å². The zero-order valence-corrected chi connectivity index (χ0v) is 12.3. The quantitative estimate of drug-likeness (QED) is 0.467. The van der Waals surface area contributed by atoms with Crippen LogP contribution in [0.2, 0.25) is 15.1 Å². The highest BCUT2D eigenvalue weighted by Gasteiger charge is 2.19. The van der Waals surface area contributed by atoms with Gasteiger partial charge in [-0.05, 0) is 12.1 Å². The number of hydrogen-bond acceptors (Lipinski definition) is 4. The van der Waals surface area contributed by atoms with E-state index in [0.29, 0.717) is 26.2 Å². The molecule has 0 spiro atoms. The van der Waals surface area contributed by atoms with Crippen LogP contribution in [0.15, 0.2) is 24.4 Å². The third-order valence-corrected chi connectivity index (χ3v) is 3.58. The summed E-state index contributed by atoms with van der Waals surface area (Å²) in [5, 5.41) is 11.9. The minimum absolute atomic E-state index is 0.0741. The summed E-state index contributed by atoms with van der Waals surface area (Å²) in [5.74, 6) is -0.0741. The van der Waals surface area contributed by atoms with Crippen molar-refractivity contribution in [2.75, 3.05) is 7.11 Å². The smallest absolute Gasteiger partial charge is 0.331 e. The number of hydrogen-bond donors (Lipinski definition) is 0. The van der Waals surface area contributed by atoms with Gasteiger partial charge in [-0.25, -0.2) is 4.98 Å². The van der Waals surface area contributed by atoms with E-state index in [0.717, 1.165) is 0 Å². The number of aromatic nitrogens is 1. The molecule has 0 saturated heterocycles. The van der Waals surface area contributed by atoms with Gasteiger partial charge in [0.25, 0.3) is 5.88 Å². The summed E-state index contributed by atoms with van der Waals surface area (Å²) in [4.78, 5) is 14.3. The maximum Gasteiger partial charge on any atom is 0.331 e. The van der Waals surface area contributed by atoms with E-state index in [1.807, 2.05) is 0 Å². The Morgan fingerprint density at radius 1 is 1.15 bits per heavy atom. The summed E-state index contributed by atoms with van der Waals surface area (Å²) in [5.41, 5.74) is 0.688.